The normalized spacial score (nSPS) is 26.9. The molecule has 0 saturated heterocycles. The lowest BCUT2D eigenvalue weighted by atomic mass is 9.64. The number of nitro groups is 1. The fraction of sp³-hybridized carbons (Fsp3) is 0.600. The molecule has 7 nitrogen and oxygen atoms in total. The standard InChI is InChI=1S/C20H24F3N3O4/c1-4-18(2,3)13-7-10-16-15(11-13)19(28,20(21,22)23)25(24-16)17(27)12-5-8-14(9-6-12)26(29)30/h5-6,8-9,13,15,28H,4,7,10-11H2,1-3H3/t13-,15+,19+/m1/s1. The summed E-state index contributed by atoms with van der Waals surface area (Å²) in [4.78, 5) is 23.0. The number of non-ortho nitro benzene ring substituents is 1. The molecule has 0 bridgehead atoms. The Labute approximate surface area is 171 Å². The number of carbonyl (C=O) groups excluding carboxylic acids is 1. The van der Waals surface area contributed by atoms with E-state index in [0.29, 0.717) is 6.42 Å². The molecule has 1 heterocycles. The number of aliphatic hydroxyl groups is 1. The quantitative estimate of drug-likeness (QED) is 0.565. The van der Waals surface area contributed by atoms with Crippen LogP contribution < -0.4 is 0 Å². The van der Waals surface area contributed by atoms with E-state index >= 15 is 0 Å². The van der Waals surface area contributed by atoms with Gasteiger partial charge < -0.3 is 5.11 Å². The fourth-order valence-electron chi connectivity index (χ4n) is 4.27. The number of hydrazone groups is 1. The van der Waals surface area contributed by atoms with Gasteiger partial charge in [0.05, 0.1) is 10.8 Å². The zero-order chi connectivity index (χ0) is 22.5. The third-order valence-corrected chi connectivity index (χ3v) is 6.66. The maximum atomic E-state index is 14.1. The molecule has 1 saturated carbocycles. The molecule has 0 spiro atoms. The van der Waals surface area contributed by atoms with Crippen LogP contribution in [0, 0.1) is 27.4 Å². The Balaban J connectivity index is 1.98. The number of nitro benzene ring substituents is 1. The van der Waals surface area contributed by atoms with Crippen molar-refractivity contribution in [3.05, 3.63) is 39.9 Å². The first kappa shape index (κ1) is 22.2. The molecule has 2 aliphatic rings. The van der Waals surface area contributed by atoms with Gasteiger partial charge in [0.1, 0.15) is 0 Å². The lowest BCUT2D eigenvalue weighted by molar-refractivity contribution is -0.384. The van der Waals surface area contributed by atoms with Gasteiger partial charge in [-0.1, -0.05) is 27.2 Å². The zero-order valence-corrected chi connectivity index (χ0v) is 16.9. The topological polar surface area (TPSA) is 96.0 Å². The van der Waals surface area contributed by atoms with Crippen molar-refractivity contribution in [3.63, 3.8) is 0 Å². The molecule has 1 aliphatic carbocycles. The van der Waals surface area contributed by atoms with Crippen LogP contribution in [0.4, 0.5) is 18.9 Å². The van der Waals surface area contributed by atoms with E-state index < -0.39 is 28.6 Å². The van der Waals surface area contributed by atoms with Crippen LogP contribution in [0.15, 0.2) is 29.4 Å². The van der Waals surface area contributed by atoms with E-state index in [1.165, 1.54) is 0 Å². The largest absolute Gasteiger partial charge is 0.439 e. The third-order valence-electron chi connectivity index (χ3n) is 6.66. The number of hydrogen-bond donors (Lipinski definition) is 1. The van der Waals surface area contributed by atoms with Gasteiger partial charge in [0, 0.05) is 23.4 Å². The fourth-order valence-corrected chi connectivity index (χ4v) is 4.27. The predicted molar refractivity (Wildman–Crippen MR) is 103 cm³/mol. The molecule has 0 radical (unpaired) electrons. The summed E-state index contributed by atoms with van der Waals surface area (Å²) < 4.78 is 42.3. The maximum Gasteiger partial charge on any atom is 0.439 e. The molecule has 1 amide bonds. The minimum atomic E-state index is -5.13. The van der Waals surface area contributed by atoms with Gasteiger partial charge in [0.15, 0.2) is 0 Å². The van der Waals surface area contributed by atoms with Gasteiger partial charge in [-0.15, -0.1) is 0 Å². The van der Waals surface area contributed by atoms with E-state index in [4.69, 9.17) is 0 Å². The summed E-state index contributed by atoms with van der Waals surface area (Å²) >= 11 is 0. The minimum absolute atomic E-state index is 0.0604. The number of alkyl halides is 3. The molecule has 0 unspecified atom stereocenters. The number of benzene rings is 1. The molecule has 1 aromatic rings. The maximum absolute atomic E-state index is 14.1. The molecular formula is C20H24F3N3O4. The van der Waals surface area contributed by atoms with Crippen molar-refractivity contribution in [2.24, 2.45) is 22.4 Å². The van der Waals surface area contributed by atoms with Crippen molar-refractivity contribution in [2.75, 3.05) is 0 Å². The third kappa shape index (κ3) is 3.46. The van der Waals surface area contributed by atoms with Crippen LogP contribution >= 0.6 is 0 Å². The first-order valence-corrected chi connectivity index (χ1v) is 9.78. The number of halogens is 3. The van der Waals surface area contributed by atoms with E-state index in [0.717, 1.165) is 30.7 Å². The molecule has 1 aromatic carbocycles. The van der Waals surface area contributed by atoms with Crippen LogP contribution in [0.5, 0.6) is 0 Å². The second-order valence-electron chi connectivity index (χ2n) is 8.60. The van der Waals surface area contributed by atoms with Crippen molar-refractivity contribution in [1.82, 2.24) is 5.01 Å². The molecule has 30 heavy (non-hydrogen) atoms. The van der Waals surface area contributed by atoms with Crippen molar-refractivity contribution >= 4 is 17.3 Å². The average Bonchev–Trinajstić information content (AvgIpc) is 3.01. The molecule has 164 valence electrons. The number of nitrogens with zero attached hydrogens (tertiary/aromatic N) is 3. The van der Waals surface area contributed by atoms with Crippen LogP contribution in [-0.4, -0.2) is 38.6 Å². The highest BCUT2D eigenvalue weighted by molar-refractivity contribution is 5.99. The first-order valence-electron chi connectivity index (χ1n) is 9.78. The Hall–Kier alpha value is -2.49. The highest BCUT2D eigenvalue weighted by Crippen LogP contribution is 2.52. The Kier molecular flexibility index (Phi) is 5.43. The van der Waals surface area contributed by atoms with Crippen molar-refractivity contribution < 1.29 is 28.0 Å². The summed E-state index contributed by atoms with van der Waals surface area (Å²) in [5, 5.41) is 25.7. The molecule has 10 heteroatoms. The van der Waals surface area contributed by atoms with Crippen LogP contribution in [0.3, 0.4) is 0 Å². The summed E-state index contributed by atoms with van der Waals surface area (Å²) in [7, 11) is 0. The van der Waals surface area contributed by atoms with Crippen molar-refractivity contribution in [1.29, 1.82) is 0 Å². The number of hydrogen-bond acceptors (Lipinski definition) is 5. The average molecular weight is 427 g/mol. The summed E-state index contributed by atoms with van der Waals surface area (Å²) in [5.74, 6) is -2.56. The highest BCUT2D eigenvalue weighted by atomic mass is 19.4. The Bertz CT molecular complexity index is 882. The van der Waals surface area contributed by atoms with Gasteiger partial charge in [0.2, 0.25) is 0 Å². The minimum Gasteiger partial charge on any atom is -0.362 e. The number of carbonyl (C=O) groups is 1. The zero-order valence-electron chi connectivity index (χ0n) is 16.9. The molecule has 0 aromatic heterocycles. The van der Waals surface area contributed by atoms with Crippen LogP contribution in [0.25, 0.3) is 0 Å². The SMILES string of the molecule is CCC(C)(C)[C@@H]1CCC2=NN(C(=O)c3ccc([N+](=O)[O-])cc3)[C@@](O)(C(F)(F)F)[C@H]2C1. The molecule has 1 N–H and O–H groups in total. The van der Waals surface area contributed by atoms with E-state index in [1.54, 1.807) is 0 Å². The van der Waals surface area contributed by atoms with Crippen LogP contribution in [-0.2, 0) is 0 Å². The number of amides is 1. The molecular weight excluding hydrogens is 403 g/mol. The monoisotopic (exact) mass is 427 g/mol. The predicted octanol–water partition coefficient (Wildman–Crippen LogP) is 4.51. The van der Waals surface area contributed by atoms with Crippen LogP contribution in [0.1, 0.15) is 56.8 Å². The van der Waals surface area contributed by atoms with E-state index in [-0.39, 0.29) is 46.1 Å². The first-order chi connectivity index (χ1) is 13.8. The van der Waals surface area contributed by atoms with E-state index in [2.05, 4.69) is 5.10 Å². The molecule has 3 rings (SSSR count). The smallest absolute Gasteiger partial charge is 0.362 e. The molecule has 1 fully saturated rings. The summed E-state index contributed by atoms with van der Waals surface area (Å²) in [6.45, 7) is 5.95. The van der Waals surface area contributed by atoms with E-state index in [9.17, 15) is 33.2 Å². The molecule has 1 aliphatic heterocycles. The Morgan fingerprint density at radius 2 is 1.93 bits per heavy atom. The molecule has 3 atom stereocenters. The second-order valence-corrected chi connectivity index (χ2v) is 8.60. The Morgan fingerprint density at radius 1 is 1.33 bits per heavy atom. The lowest BCUT2D eigenvalue weighted by Gasteiger charge is -2.43. The lowest BCUT2D eigenvalue weighted by Crippen LogP contribution is -2.62. The highest BCUT2D eigenvalue weighted by Gasteiger charge is 2.69. The van der Waals surface area contributed by atoms with Crippen LogP contribution in [0.2, 0.25) is 0 Å². The van der Waals surface area contributed by atoms with Gasteiger partial charge >= 0.3 is 6.18 Å². The van der Waals surface area contributed by atoms with Gasteiger partial charge in [-0.25, -0.2) is 0 Å². The Morgan fingerprint density at radius 3 is 2.43 bits per heavy atom. The number of rotatable bonds is 4. The van der Waals surface area contributed by atoms with Gasteiger partial charge in [-0.05, 0) is 42.7 Å². The van der Waals surface area contributed by atoms with E-state index in [1.807, 2.05) is 20.8 Å². The number of fused-ring (bicyclic) bond motifs is 1. The van der Waals surface area contributed by atoms with Crippen molar-refractivity contribution in [2.45, 2.75) is 58.4 Å². The summed E-state index contributed by atoms with van der Waals surface area (Å²) in [6, 6.07) is 4.16. The van der Waals surface area contributed by atoms with Crippen molar-refractivity contribution in [3.8, 4) is 0 Å². The van der Waals surface area contributed by atoms with Gasteiger partial charge in [0.25, 0.3) is 17.3 Å². The van der Waals surface area contributed by atoms with Gasteiger partial charge in [-0.2, -0.15) is 23.3 Å². The summed E-state index contributed by atoms with van der Waals surface area (Å²) in [5.41, 5.74) is -4.04. The summed E-state index contributed by atoms with van der Waals surface area (Å²) in [6.07, 6.45) is -3.39. The van der Waals surface area contributed by atoms with Gasteiger partial charge in [-0.3, -0.25) is 14.9 Å². The second kappa shape index (κ2) is 7.33.